The molecule has 17 heavy (non-hydrogen) atoms. The summed E-state index contributed by atoms with van der Waals surface area (Å²) in [5, 5.41) is 11.8. The second-order valence-corrected chi connectivity index (χ2v) is 4.51. The third-order valence-electron chi connectivity index (χ3n) is 2.92. The zero-order chi connectivity index (χ0) is 12.8. The molecule has 0 spiro atoms. The maximum atomic E-state index is 8.64. The molecule has 0 heterocycles. The van der Waals surface area contributed by atoms with E-state index in [1.165, 1.54) is 51.4 Å². The summed E-state index contributed by atoms with van der Waals surface area (Å²) in [4.78, 5) is 0. The minimum Gasteiger partial charge on any atom is -0.479 e. The van der Waals surface area contributed by atoms with Crippen molar-refractivity contribution >= 4 is 5.90 Å². The lowest BCUT2D eigenvalue weighted by molar-refractivity contribution is 0.256. The second kappa shape index (κ2) is 13.3. The number of rotatable bonds is 11. The van der Waals surface area contributed by atoms with Gasteiger partial charge in [-0.25, -0.2) is 0 Å². The molecule has 0 aromatic carbocycles. The Labute approximate surface area is 106 Å². The predicted octanol–water partition coefficient (Wildman–Crippen LogP) is 4.73. The van der Waals surface area contributed by atoms with Gasteiger partial charge in [0.15, 0.2) is 0 Å². The highest BCUT2D eigenvalue weighted by molar-refractivity contribution is 5.75. The zero-order valence-electron chi connectivity index (χ0n) is 11.6. The average Bonchev–Trinajstić information content (AvgIpc) is 2.35. The molecule has 0 amide bonds. The Morgan fingerprint density at radius 1 is 0.882 bits per heavy atom. The van der Waals surface area contributed by atoms with Crippen molar-refractivity contribution in [3.8, 4) is 0 Å². The van der Waals surface area contributed by atoms with E-state index in [4.69, 9.17) is 9.94 Å². The third-order valence-corrected chi connectivity index (χ3v) is 2.92. The minimum atomic E-state index is 0.482. The van der Waals surface area contributed by atoms with Crippen molar-refractivity contribution in [2.45, 2.75) is 78.1 Å². The van der Waals surface area contributed by atoms with Crippen LogP contribution in [0.15, 0.2) is 5.16 Å². The van der Waals surface area contributed by atoms with Crippen molar-refractivity contribution in [1.29, 1.82) is 0 Å². The molecule has 0 aliphatic heterocycles. The molecule has 0 aliphatic carbocycles. The van der Waals surface area contributed by atoms with Gasteiger partial charge in [0.05, 0.1) is 6.61 Å². The first-order chi connectivity index (χ1) is 8.35. The zero-order valence-corrected chi connectivity index (χ0v) is 11.6. The van der Waals surface area contributed by atoms with E-state index in [0.717, 1.165) is 12.8 Å². The molecular weight excluding hydrogens is 214 g/mol. The van der Waals surface area contributed by atoms with Crippen LogP contribution in [0.1, 0.15) is 78.1 Å². The van der Waals surface area contributed by atoms with Crippen LogP contribution in [0.4, 0.5) is 0 Å². The normalized spacial score (nSPS) is 11.8. The van der Waals surface area contributed by atoms with Gasteiger partial charge >= 0.3 is 0 Å². The third kappa shape index (κ3) is 11.5. The fourth-order valence-corrected chi connectivity index (χ4v) is 1.90. The Bertz CT molecular complexity index is 181. The molecule has 102 valence electrons. The molecule has 0 unspecified atom stereocenters. The van der Waals surface area contributed by atoms with Gasteiger partial charge in [0, 0.05) is 6.42 Å². The van der Waals surface area contributed by atoms with Gasteiger partial charge in [-0.2, -0.15) is 0 Å². The summed E-state index contributed by atoms with van der Waals surface area (Å²) >= 11 is 0. The molecule has 0 saturated heterocycles. The van der Waals surface area contributed by atoms with Crippen LogP contribution in [-0.2, 0) is 4.74 Å². The number of hydrogen-bond acceptors (Lipinski definition) is 3. The number of nitrogens with zero attached hydrogens (tertiary/aromatic N) is 1. The summed E-state index contributed by atoms with van der Waals surface area (Å²) < 4.78 is 5.16. The maximum absolute atomic E-state index is 8.64. The summed E-state index contributed by atoms with van der Waals surface area (Å²) in [6.45, 7) is 4.73. The molecule has 1 N–H and O–H groups in total. The van der Waals surface area contributed by atoms with Gasteiger partial charge < -0.3 is 9.94 Å². The second-order valence-electron chi connectivity index (χ2n) is 4.51. The first kappa shape index (κ1) is 16.3. The Kier molecular flexibility index (Phi) is 12.8. The topological polar surface area (TPSA) is 41.8 Å². The number of oxime groups is 1. The molecule has 3 nitrogen and oxygen atoms in total. The Balaban J connectivity index is 3.17. The van der Waals surface area contributed by atoms with Crippen molar-refractivity contribution in [1.82, 2.24) is 0 Å². The number of ether oxygens (including phenoxy) is 1. The standard InChI is InChI=1S/C14H29NO2/c1-3-5-6-7-8-9-10-11-12-13-14(15-16)17-4-2/h16H,3-13H2,1-2H3/b15-14-. The molecule has 0 aromatic rings. The summed E-state index contributed by atoms with van der Waals surface area (Å²) in [7, 11) is 0. The van der Waals surface area contributed by atoms with Crippen LogP contribution < -0.4 is 0 Å². The molecule has 0 bridgehead atoms. The number of hydrogen-bond donors (Lipinski definition) is 1. The SMILES string of the molecule is CCCCCCCCCCC/C(=N/O)OCC. The predicted molar refractivity (Wildman–Crippen MR) is 72.7 cm³/mol. The van der Waals surface area contributed by atoms with E-state index in [9.17, 15) is 0 Å². The molecule has 0 atom stereocenters. The highest BCUT2D eigenvalue weighted by Gasteiger charge is 1.99. The lowest BCUT2D eigenvalue weighted by Crippen LogP contribution is -2.04. The smallest absolute Gasteiger partial charge is 0.225 e. The van der Waals surface area contributed by atoms with E-state index < -0.39 is 0 Å². The fourth-order valence-electron chi connectivity index (χ4n) is 1.90. The van der Waals surface area contributed by atoms with Gasteiger partial charge in [-0.05, 0) is 13.3 Å². The van der Waals surface area contributed by atoms with Gasteiger partial charge in [0.25, 0.3) is 0 Å². The highest BCUT2D eigenvalue weighted by atomic mass is 16.5. The van der Waals surface area contributed by atoms with Crippen LogP contribution in [-0.4, -0.2) is 17.7 Å². The first-order valence-electron chi connectivity index (χ1n) is 7.18. The van der Waals surface area contributed by atoms with Gasteiger partial charge in [-0.3, -0.25) is 0 Å². The van der Waals surface area contributed by atoms with E-state index in [-0.39, 0.29) is 0 Å². The molecule has 0 rings (SSSR count). The van der Waals surface area contributed by atoms with Crippen LogP contribution in [0, 0.1) is 0 Å². The minimum absolute atomic E-state index is 0.482. The Hall–Kier alpha value is -0.730. The van der Waals surface area contributed by atoms with E-state index in [2.05, 4.69) is 12.1 Å². The molecule has 0 aromatic heterocycles. The van der Waals surface area contributed by atoms with E-state index >= 15 is 0 Å². The van der Waals surface area contributed by atoms with Gasteiger partial charge in [-0.1, -0.05) is 63.4 Å². The molecular formula is C14H29NO2. The van der Waals surface area contributed by atoms with Crippen molar-refractivity contribution in [2.75, 3.05) is 6.61 Å². The lowest BCUT2D eigenvalue weighted by atomic mass is 10.1. The molecule has 0 radical (unpaired) electrons. The fraction of sp³-hybridized carbons (Fsp3) is 0.929. The number of unbranched alkanes of at least 4 members (excludes halogenated alkanes) is 8. The first-order valence-corrected chi connectivity index (χ1v) is 7.18. The maximum Gasteiger partial charge on any atom is 0.225 e. The van der Waals surface area contributed by atoms with Crippen molar-refractivity contribution in [3.05, 3.63) is 0 Å². The van der Waals surface area contributed by atoms with Crippen LogP contribution in [0.25, 0.3) is 0 Å². The quantitative estimate of drug-likeness (QED) is 0.187. The summed E-state index contributed by atoms with van der Waals surface area (Å²) in [6, 6.07) is 0. The molecule has 0 aliphatic rings. The van der Waals surface area contributed by atoms with Gasteiger partial charge in [0.1, 0.15) is 0 Å². The lowest BCUT2D eigenvalue weighted by Gasteiger charge is -2.05. The van der Waals surface area contributed by atoms with E-state index in [1.54, 1.807) is 0 Å². The van der Waals surface area contributed by atoms with Gasteiger partial charge in [0.2, 0.25) is 5.90 Å². The van der Waals surface area contributed by atoms with E-state index in [0.29, 0.717) is 12.5 Å². The van der Waals surface area contributed by atoms with Crippen molar-refractivity contribution < 1.29 is 9.94 Å². The largest absolute Gasteiger partial charge is 0.479 e. The van der Waals surface area contributed by atoms with Gasteiger partial charge in [-0.15, -0.1) is 0 Å². The van der Waals surface area contributed by atoms with Crippen molar-refractivity contribution in [2.24, 2.45) is 5.16 Å². The van der Waals surface area contributed by atoms with Crippen LogP contribution >= 0.6 is 0 Å². The molecule has 3 heteroatoms. The highest BCUT2D eigenvalue weighted by Crippen LogP contribution is 2.10. The van der Waals surface area contributed by atoms with Crippen molar-refractivity contribution in [3.63, 3.8) is 0 Å². The summed E-state index contributed by atoms with van der Waals surface area (Å²) in [5.41, 5.74) is 0. The Morgan fingerprint density at radius 3 is 1.88 bits per heavy atom. The molecule has 0 saturated carbocycles. The summed E-state index contributed by atoms with van der Waals surface area (Å²) in [5.74, 6) is 0.482. The summed E-state index contributed by atoms with van der Waals surface area (Å²) in [6.07, 6.45) is 12.5. The molecule has 0 fully saturated rings. The van der Waals surface area contributed by atoms with Crippen LogP contribution in [0.5, 0.6) is 0 Å². The van der Waals surface area contributed by atoms with E-state index in [1.807, 2.05) is 6.92 Å². The van der Waals surface area contributed by atoms with Crippen LogP contribution in [0.2, 0.25) is 0 Å². The Morgan fingerprint density at radius 2 is 1.41 bits per heavy atom. The average molecular weight is 243 g/mol. The monoisotopic (exact) mass is 243 g/mol. The van der Waals surface area contributed by atoms with Crippen LogP contribution in [0.3, 0.4) is 0 Å².